The molecule has 3 aromatic carbocycles. The summed E-state index contributed by atoms with van der Waals surface area (Å²) < 4.78 is 7.20. The second kappa shape index (κ2) is 13.3. The van der Waals surface area contributed by atoms with Crippen LogP contribution in [-0.4, -0.2) is 50.2 Å². The maximum absolute atomic E-state index is 13.7. The molecular formula is C33H30N6O3S2. The number of aryl methyl sites for hydroxylation is 1. The molecule has 1 atom stereocenters. The first kappa shape index (κ1) is 29.3. The van der Waals surface area contributed by atoms with Crippen LogP contribution in [0.15, 0.2) is 107 Å². The third-order valence-corrected chi connectivity index (χ3v) is 9.06. The minimum absolute atomic E-state index is 0.113. The van der Waals surface area contributed by atoms with E-state index in [2.05, 4.69) is 39.8 Å². The summed E-state index contributed by atoms with van der Waals surface area (Å²) in [6, 6.07) is 28.8. The van der Waals surface area contributed by atoms with E-state index in [1.807, 2.05) is 65.4 Å². The Hall–Kier alpha value is -4.74. The molecule has 11 heteroatoms. The van der Waals surface area contributed by atoms with Crippen LogP contribution in [0, 0.1) is 6.92 Å². The summed E-state index contributed by atoms with van der Waals surface area (Å²) in [5.74, 6) is 0.721. The van der Waals surface area contributed by atoms with Crippen LogP contribution in [0.5, 0.6) is 5.75 Å². The highest BCUT2D eigenvalue weighted by atomic mass is 32.2. The monoisotopic (exact) mass is 622 g/mol. The Bertz CT molecular complexity index is 1790. The van der Waals surface area contributed by atoms with Crippen molar-refractivity contribution in [1.82, 2.24) is 25.1 Å². The van der Waals surface area contributed by atoms with Crippen LogP contribution in [0.25, 0.3) is 5.69 Å². The van der Waals surface area contributed by atoms with Gasteiger partial charge in [0.05, 0.1) is 41.6 Å². The Morgan fingerprint density at radius 2 is 1.75 bits per heavy atom. The molecule has 2 aromatic heterocycles. The van der Waals surface area contributed by atoms with E-state index in [9.17, 15) is 9.59 Å². The number of hydrazone groups is 1. The van der Waals surface area contributed by atoms with Crippen molar-refractivity contribution in [2.24, 2.45) is 5.10 Å². The predicted molar refractivity (Wildman–Crippen MR) is 172 cm³/mol. The van der Waals surface area contributed by atoms with Gasteiger partial charge in [0.2, 0.25) is 0 Å². The third kappa shape index (κ3) is 6.29. The fourth-order valence-electron chi connectivity index (χ4n) is 5.00. The number of thioether (sulfide) groups is 1. The molecule has 222 valence electrons. The van der Waals surface area contributed by atoms with E-state index >= 15 is 0 Å². The van der Waals surface area contributed by atoms with E-state index in [1.54, 1.807) is 34.5 Å². The Morgan fingerprint density at radius 1 is 0.977 bits per heavy atom. The normalized spacial score (nSPS) is 14.4. The Balaban J connectivity index is 1.22. The largest absolute Gasteiger partial charge is 0.496 e. The average Bonchev–Trinajstić information content (AvgIpc) is 3.83. The summed E-state index contributed by atoms with van der Waals surface area (Å²) >= 11 is 2.91. The summed E-state index contributed by atoms with van der Waals surface area (Å²) in [5, 5.41) is 20.7. The molecule has 0 spiro atoms. The van der Waals surface area contributed by atoms with Gasteiger partial charge < -0.3 is 10.1 Å². The van der Waals surface area contributed by atoms with Gasteiger partial charge in [-0.3, -0.25) is 14.2 Å². The fraction of sp³-hybridized carbons (Fsp3) is 0.182. The number of nitrogens with zero attached hydrogens (tertiary/aromatic N) is 5. The number of benzene rings is 3. The van der Waals surface area contributed by atoms with Gasteiger partial charge in [-0.2, -0.15) is 5.10 Å². The van der Waals surface area contributed by atoms with Crippen molar-refractivity contribution < 1.29 is 14.3 Å². The lowest BCUT2D eigenvalue weighted by Gasteiger charge is -2.22. The molecule has 1 aliphatic heterocycles. The lowest BCUT2D eigenvalue weighted by Crippen LogP contribution is -2.28. The zero-order chi connectivity index (χ0) is 30.5. The maximum Gasteiger partial charge on any atom is 0.255 e. The number of ether oxygens (including phenoxy) is 1. The molecule has 3 heterocycles. The molecule has 0 radical (unpaired) electrons. The number of aromatic nitrogens is 3. The second-order valence-corrected chi connectivity index (χ2v) is 12.0. The number of thiophene rings is 1. The average molecular weight is 623 g/mol. The number of nitrogens with one attached hydrogen (secondary N) is 1. The Kier molecular flexibility index (Phi) is 8.85. The SMILES string of the molecule is COc1ccccc1C(=O)NCc1nnc(SCC(=O)N2N=C(c3cccs3)C[C@@H]2c2ccc(C)cc2)n1-c1ccccc1. The van der Waals surface area contributed by atoms with Crippen molar-refractivity contribution >= 4 is 40.6 Å². The second-order valence-electron chi connectivity index (χ2n) is 10.1. The van der Waals surface area contributed by atoms with Gasteiger partial charge in [0.15, 0.2) is 11.0 Å². The number of amides is 2. The number of para-hydroxylation sites is 2. The maximum atomic E-state index is 13.7. The van der Waals surface area contributed by atoms with Gasteiger partial charge in [-0.25, -0.2) is 5.01 Å². The summed E-state index contributed by atoms with van der Waals surface area (Å²) in [4.78, 5) is 27.8. The number of carbonyl (C=O) groups is 2. The van der Waals surface area contributed by atoms with Gasteiger partial charge in [-0.15, -0.1) is 21.5 Å². The summed E-state index contributed by atoms with van der Waals surface area (Å²) in [7, 11) is 1.53. The Morgan fingerprint density at radius 3 is 2.50 bits per heavy atom. The van der Waals surface area contributed by atoms with Crippen LogP contribution < -0.4 is 10.1 Å². The van der Waals surface area contributed by atoms with Crippen molar-refractivity contribution in [2.75, 3.05) is 12.9 Å². The fourth-order valence-corrected chi connectivity index (χ4v) is 6.55. The number of carbonyl (C=O) groups excluding carboxylic acids is 2. The smallest absolute Gasteiger partial charge is 0.255 e. The van der Waals surface area contributed by atoms with E-state index in [0.29, 0.717) is 28.7 Å². The highest BCUT2D eigenvalue weighted by molar-refractivity contribution is 7.99. The van der Waals surface area contributed by atoms with Crippen molar-refractivity contribution in [2.45, 2.75) is 31.1 Å². The van der Waals surface area contributed by atoms with E-state index in [-0.39, 0.29) is 30.2 Å². The molecule has 1 aliphatic rings. The molecule has 1 N–H and O–H groups in total. The zero-order valence-corrected chi connectivity index (χ0v) is 25.8. The molecule has 2 amide bonds. The topological polar surface area (TPSA) is 102 Å². The van der Waals surface area contributed by atoms with Crippen molar-refractivity contribution in [3.05, 3.63) is 124 Å². The number of hydrogen-bond acceptors (Lipinski definition) is 8. The van der Waals surface area contributed by atoms with Crippen LogP contribution in [-0.2, 0) is 11.3 Å². The van der Waals surface area contributed by atoms with E-state index in [1.165, 1.54) is 18.9 Å². The van der Waals surface area contributed by atoms with Gasteiger partial charge in [-0.1, -0.05) is 78.0 Å². The molecule has 0 aliphatic carbocycles. The summed E-state index contributed by atoms with van der Waals surface area (Å²) in [6.07, 6.45) is 0.649. The minimum Gasteiger partial charge on any atom is -0.496 e. The third-order valence-electron chi connectivity index (χ3n) is 7.23. The highest BCUT2D eigenvalue weighted by Crippen LogP contribution is 2.35. The highest BCUT2D eigenvalue weighted by Gasteiger charge is 2.33. The van der Waals surface area contributed by atoms with Crippen LogP contribution >= 0.6 is 23.1 Å². The lowest BCUT2D eigenvalue weighted by atomic mass is 10.00. The van der Waals surface area contributed by atoms with Crippen LogP contribution in [0.2, 0.25) is 0 Å². The number of rotatable bonds is 10. The first-order chi connectivity index (χ1) is 21.5. The quantitative estimate of drug-likeness (QED) is 0.191. The molecule has 6 rings (SSSR count). The van der Waals surface area contributed by atoms with Crippen LogP contribution in [0.4, 0.5) is 0 Å². The van der Waals surface area contributed by atoms with Crippen molar-refractivity contribution in [1.29, 1.82) is 0 Å². The zero-order valence-electron chi connectivity index (χ0n) is 24.2. The van der Waals surface area contributed by atoms with E-state index < -0.39 is 0 Å². The summed E-state index contributed by atoms with van der Waals surface area (Å²) in [5.41, 5.74) is 4.37. The van der Waals surface area contributed by atoms with Gasteiger partial charge in [0, 0.05) is 12.1 Å². The molecule has 5 aromatic rings. The summed E-state index contributed by atoms with van der Waals surface area (Å²) in [6.45, 7) is 2.18. The molecule has 9 nitrogen and oxygen atoms in total. The molecule has 0 saturated carbocycles. The van der Waals surface area contributed by atoms with Gasteiger partial charge in [-0.05, 0) is 48.2 Å². The predicted octanol–water partition coefficient (Wildman–Crippen LogP) is 6.05. The molecule has 0 bridgehead atoms. The number of methoxy groups -OCH3 is 1. The van der Waals surface area contributed by atoms with E-state index in [4.69, 9.17) is 9.84 Å². The van der Waals surface area contributed by atoms with Crippen molar-refractivity contribution in [3.63, 3.8) is 0 Å². The first-order valence-corrected chi connectivity index (χ1v) is 15.9. The number of hydrogen-bond donors (Lipinski definition) is 1. The molecule has 0 fully saturated rings. The van der Waals surface area contributed by atoms with Crippen LogP contribution in [0.3, 0.4) is 0 Å². The van der Waals surface area contributed by atoms with Gasteiger partial charge >= 0.3 is 0 Å². The van der Waals surface area contributed by atoms with Gasteiger partial charge in [0.1, 0.15) is 5.75 Å². The van der Waals surface area contributed by atoms with Crippen molar-refractivity contribution in [3.8, 4) is 11.4 Å². The van der Waals surface area contributed by atoms with Gasteiger partial charge in [0.25, 0.3) is 11.8 Å². The Labute approximate surface area is 263 Å². The molecule has 0 saturated heterocycles. The first-order valence-electron chi connectivity index (χ1n) is 14.1. The standard InChI is InChI=1S/C33H30N6O3S2/c1-22-14-16-23(17-15-22)27-19-26(29-13-8-18-43-29)37-39(27)31(40)21-44-33-36-35-30(38(33)24-9-4-3-5-10-24)20-34-32(41)25-11-6-7-12-28(25)42-2/h3-18,27H,19-21H2,1-2H3,(H,34,41)/t27-/m1/s1. The van der Waals surface area contributed by atoms with Crippen LogP contribution in [0.1, 0.15) is 44.6 Å². The lowest BCUT2D eigenvalue weighted by molar-refractivity contribution is -0.130. The molecule has 0 unspecified atom stereocenters. The van der Waals surface area contributed by atoms with E-state index in [0.717, 1.165) is 27.4 Å². The molecular weight excluding hydrogens is 593 g/mol. The minimum atomic E-state index is -0.287. The molecule has 44 heavy (non-hydrogen) atoms.